The van der Waals surface area contributed by atoms with Gasteiger partial charge in [0.05, 0.1) is 7.11 Å². The van der Waals surface area contributed by atoms with Crippen molar-refractivity contribution in [3.8, 4) is 0 Å². The molecule has 0 aliphatic heterocycles. The van der Waals surface area contributed by atoms with Gasteiger partial charge >= 0.3 is 11.9 Å². The summed E-state index contributed by atoms with van der Waals surface area (Å²) < 4.78 is 6.16. The van der Waals surface area contributed by atoms with Crippen molar-refractivity contribution in [1.29, 1.82) is 0 Å². The van der Waals surface area contributed by atoms with E-state index in [-0.39, 0.29) is 0 Å². The molecule has 0 aromatic heterocycles. The zero-order valence-electron chi connectivity index (χ0n) is 15.2. The molecule has 0 unspecified atom stereocenters. The normalized spacial score (nSPS) is 10.3. The molecule has 0 aliphatic carbocycles. The van der Waals surface area contributed by atoms with Crippen LogP contribution in [-0.4, -0.2) is 35.7 Å². The van der Waals surface area contributed by atoms with Gasteiger partial charge in [0.15, 0.2) is 0 Å². The average Bonchev–Trinajstić information content (AvgIpc) is 2.72. The third-order valence-electron chi connectivity index (χ3n) is 3.19. The van der Waals surface area contributed by atoms with E-state index in [0.717, 1.165) is 26.1 Å². The number of rotatable bonds is 6. The zero-order chi connectivity index (χ0) is 21.8. The largest absolute Gasteiger partial charge is 0.475 e. The fourth-order valence-corrected chi connectivity index (χ4v) is 2.26. The Kier molecular flexibility index (Phi) is 10.5. The monoisotopic (exact) mass is 522 g/mol. The van der Waals surface area contributed by atoms with Crippen LogP contribution in [0.2, 0.25) is 0 Å². The van der Waals surface area contributed by atoms with Gasteiger partial charge in [0.25, 0.3) is 11.6 Å². The minimum Gasteiger partial charge on any atom is -0.475 e. The number of esters is 1. The highest BCUT2D eigenvalue weighted by atomic mass is 79.9. The third kappa shape index (κ3) is 9.77. The summed E-state index contributed by atoms with van der Waals surface area (Å²) >= 11 is 6.56. The number of carbonyl (C=O) groups excluding carboxylic acids is 3. The van der Waals surface area contributed by atoms with E-state index in [1.165, 1.54) is 19.3 Å². The van der Waals surface area contributed by atoms with Crippen molar-refractivity contribution in [2.45, 2.75) is 0 Å². The number of methoxy groups -OCH3 is 1. The van der Waals surface area contributed by atoms with Gasteiger partial charge in [0.1, 0.15) is 0 Å². The van der Waals surface area contributed by atoms with E-state index in [1.54, 1.807) is 18.2 Å². The third-order valence-corrected chi connectivity index (χ3v) is 4.25. The van der Waals surface area contributed by atoms with Crippen molar-refractivity contribution in [2.24, 2.45) is 0 Å². The quantitative estimate of drug-likeness (QED) is 0.344. The minimum absolute atomic E-state index is 0.666. The topological polar surface area (TPSA) is 97.7 Å². The van der Waals surface area contributed by atoms with Gasteiger partial charge in [-0.1, -0.05) is 68.3 Å². The van der Waals surface area contributed by atoms with E-state index in [1.807, 2.05) is 36.4 Å². The molecule has 0 saturated heterocycles. The maximum Gasteiger partial charge on any atom is 0.378 e. The number of aliphatic carboxylic acids is 1. The molecule has 2 aromatic rings. The average molecular weight is 524 g/mol. The molecule has 0 heterocycles. The molecular weight excluding hydrogens is 508 g/mol. The Morgan fingerprint density at radius 3 is 1.48 bits per heavy atom. The minimum atomic E-state index is -1.45. The van der Waals surface area contributed by atoms with Crippen LogP contribution in [0.15, 0.2) is 69.6 Å². The first kappa shape index (κ1) is 24.2. The molecule has 2 aromatic carbocycles. The molecule has 0 atom stereocenters. The standard InChI is InChI=1S/C11H9BrO3.C10H7BrO3/c1-15-11(14)10(13)7-4-8-2-5-9(12)6-3-8;11-8-4-1-7(2-5-8)3-6-9(12)10(13)14/h2-7H,1H3;1-6H,(H,13,14)/b7-4+;6-3+. The summed E-state index contributed by atoms with van der Waals surface area (Å²) in [6.45, 7) is 0. The van der Waals surface area contributed by atoms with Crippen molar-refractivity contribution < 1.29 is 29.0 Å². The van der Waals surface area contributed by atoms with E-state index in [9.17, 15) is 19.2 Å². The summed E-state index contributed by atoms with van der Waals surface area (Å²) in [6.07, 6.45) is 5.25. The van der Waals surface area contributed by atoms with Crippen LogP contribution < -0.4 is 0 Å². The Morgan fingerprint density at radius 2 is 1.14 bits per heavy atom. The smallest absolute Gasteiger partial charge is 0.378 e. The molecule has 150 valence electrons. The highest BCUT2D eigenvalue weighted by Crippen LogP contribution is 2.12. The summed E-state index contributed by atoms with van der Waals surface area (Å²) in [7, 11) is 1.17. The van der Waals surface area contributed by atoms with Crippen LogP contribution in [0.1, 0.15) is 11.1 Å². The maximum atomic E-state index is 11.0. The van der Waals surface area contributed by atoms with Gasteiger partial charge in [-0.25, -0.2) is 9.59 Å². The molecule has 0 spiro atoms. The summed E-state index contributed by atoms with van der Waals surface area (Å²) in [5.41, 5.74) is 1.62. The maximum absolute atomic E-state index is 11.0. The second-order valence-electron chi connectivity index (χ2n) is 5.30. The van der Waals surface area contributed by atoms with Gasteiger partial charge in [-0.3, -0.25) is 9.59 Å². The summed E-state index contributed by atoms with van der Waals surface area (Å²) in [4.78, 5) is 42.7. The van der Waals surface area contributed by atoms with Gasteiger partial charge in [0.2, 0.25) is 0 Å². The Balaban J connectivity index is 0.000000291. The molecule has 6 nitrogen and oxygen atoms in total. The van der Waals surface area contributed by atoms with Gasteiger partial charge in [-0.05, 0) is 47.5 Å². The molecule has 0 saturated carbocycles. The van der Waals surface area contributed by atoms with E-state index in [0.29, 0.717) is 0 Å². The number of hydrogen-bond donors (Lipinski definition) is 1. The number of benzene rings is 2. The lowest BCUT2D eigenvalue weighted by molar-refractivity contribution is -0.149. The SMILES string of the molecule is COC(=O)C(=O)/C=C/c1ccc(Br)cc1.O=C(O)C(=O)/C=C/c1ccc(Br)cc1. The van der Waals surface area contributed by atoms with Crippen LogP contribution in [-0.2, 0) is 23.9 Å². The van der Waals surface area contributed by atoms with E-state index >= 15 is 0 Å². The Morgan fingerprint density at radius 1 is 0.759 bits per heavy atom. The number of hydrogen-bond acceptors (Lipinski definition) is 5. The van der Waals surface area contributed by atoms with Crippen LogP contribution in [0.4, 0.5) is 0 Å². The lowest BCUT2D eigenvalue weighted by atomic mass is 10.2. The molecule has 0 fully saturated rings. The molecule has 2 rings (SSSR count). The Labute approximate surface area is 184 Å². The predicted octanol–water partition coefficient (Wildman–Crippen LogP) is 4.32. The Hall–Kier alpha value is -2.84. The first-order chi connectivity index (χ1) is 13.7. The number of carboxylic acids is 1. The van der Waals surface area contributed by atoms with E-state index in [4.69, 9.17) is 5.11 Å². The number of ketones is 2. The van der Waals surface area contributed by atoms with Crippen LogP contribution >= 0.6 is 31.9 Å². The molecule has 0 aliphatic rings. The fraction of sp³-hybridized carbons (Fsp3) is 0.0476. The van der Waals surface area contributed by atoms with Crippen molar-refractivity contribution in [2.75, 3.05) is 7.11 Å². The highest BCUT2D eigenvalue weighted by molar-refractivity contribution is 9.10. The van der Waals surface area contributed by atoms with Gasteiger partial charge in [-0.2, -0.15) is 0 Å². The second kappa shape index (κ2) is 12.6. The lowest BCUT2D eigenvalue weighted by Crippen LogP contribution is -2.11. The molecule has 0 radical (unpaired) electrons. The number of halogens is 2. The molecule has 8 heteroatoms. The van der Waals surface area contributed by atoms with E-state index in [2.05, 4.69) is 36.6 Å². The van der Waals surface area contributed by atoms with Gasteiger partial charge in [0, 0.05) is 8.95 Å². The van der Waals surface area contributed by atoms with Crippen LogP contribution in [0.5, 0.6) is 0 Å². The summed E-state index contributed by atoms with van der Waals surface area (Å²) in [5, 5.41) is 8.30. The number of carboxylic acid groups (broad SMARTS) is 1. The summed E-state index contributed by atoms with van der Waals surface area (Å²) in [6, 6.07) is 14.5. The number of ether oxygens (including phenoxy) is 1. The fourth-order valence-electron chi connectivity index (χ4n) is 1.73. The first-order valence-electron chi connectivity index (χ1n) is 7.99. The van der Waals surface area contributed by atoms with Crippen molar-refractivity contribution in [1.82, 2.24) is 0 Å². The van der Waals surface area contributed by atoms with Crippen molar-refractivity contribution in [3.63, 3.8) is 0 Å². The zero-order valence-corrected chi connectivity index (χ0v) is 18.3. The molecule has 29 heavy (non-hydrogen) atoms. The van der Waals surface area contributed by atoms with Crippen molar-refractivity contribution >= 4 is 67.5 Å². The van der Waals surface area contributed by atoms with Gasteiger partial charge in [-0.15, -0.1) is 0 Å². The van der Waals surface area contributed by atoms with Crippen molar-refractivity contribution in [3.05, 3.63) is 80.8 Å². The lowest BCUT2D eigenvalue weighted by Gasteiger charge is -1.94. The highest BCUT2D eigenvalue weighted by Gasteiger charge is 2.08. The van der Waals surface area contributed by atoms with Gasteiger partial charge < -0.3 is 9.84 Å². The molecule has 1 N–H and O–H groups in total. The van der Waals surface area contributed by atoms with E-state index < -0.39 is 23.5 Å². The molecule has 0 amide bonds. The Bertz CT molecular complexity index is 929. The van der Waals surface area contributed by atoms with Crippen LogP contribution in [0, 0.1) is 0 Å². The second-order valence-corrected chi connectivity index (χ2v) is 7.13. The predicted molar refractivity (Wildman–Crippen MR) is 116 cm³/mol. The first-order valence-corrected chi connectivity index (χ1v) is 9.58. The molecule has 0 bridgehead atoms. The van der Waals surface area contributed by atoms with Crippen LogP contribution in [0.25, 0.3) is 12.2 Å². The summed E-state index contributed by atoms with van der Waals surface area (Å²) in [5.74, 6) is -3.89. The van der Waals surface area contributed by atoms with Crippen LogP contribution in [0.3, 0.4) is 0 Å². The molecular formula is C21H16Br2O6. The number of carbonyl (C=O) groups is 4.